The SMILES string of the molecule is O=C(O)[C@@H](O)[C@H](O)c1nc2ccc([N+](=O)[O-])cc2[nH]1. The molecule has 9 nitrogen and oxygen atoms in total. The molecule has 4 N–H and O–H groups in total. The van der Waals surface area contributed by atoms with E-state index in [9.17, 15) is 25.1 Å². The number of rotatable bonds is 4. The van der Waals surface area contributed by atoms with Crippen LogP contribution in [0.2, 0.25) is 0 Å². The zero-order valence-corrected chi connectivity index (χ0v) is 9.35. The number of benzene rings is 1. The first-order valence-electron chi connectivity index (χ1n) is 5.13. The summed E-state index contributed by atoms with van der Waals surface area (Å²) in [5, 5.41) is 37.9. The van der Waals surface area contributed by atoms with E-state index in [1.807, 2.05) is 0 Å². The Morgan fingerprint density at radius 1 is 1.42 bits per heavy atom. The van der Waals surface area contributed by atoms with E-state index in [0.29, 0.717) is 5.52 Å². The molecule has 0 radical (unpaired) electrons. The van der Waals surface area contributed by atoms with Gasteiger partial charge >= 0.3 is 5.97 Å². The van der Waals surface area contributed by atoms with Crippen molar-refractivity contribution >= 4 is 22.7 Å². The number of carboxylic acids is 1. The molecule has 0 aliphatic rings. The predicted octanol–water partition coefficient (Wildman–Crippen LogP) is -0.0500. The average molecular weight is 267 g/mol. The van der Waals surface area contributed by atoms with Gasteiger partial charge in [-0.25, -0.2) is 9.78 Å². The number of aromatic amines is 1. The first kappa shape index (κ1) is 12.9. The number of aliphatic hydroxyl groups excluding tert-OH is 2. The number of aromatic nitrogens is 2. The number of carboxylic acid groups (broad SMARTS) is 1. The maximum Gasteiger partial charge on any atom is 0.335 e. The van der Waals surface area contributed by atoms with Gasteiger partial charge in [-0.2, -0.15) is 0 Å². The van der Waals surface area contributed by atoms with Crippen molar-refractivity contribution in [1.29, 1.82) is 0 Å². The Balaban J connectivity index is 2.41. The van der Waals surface area contributed by atoms with Gasteiger partial charge in [0.05, 0.1) is 16.0 Å². The third kappa shape index (κ3) is 2.37. The molecule has 100 valence electrons. The largest absolute Gasteiger partial charge is 0.479 e. The molecule has 0 fully saturated rings. The number of aliphatic carboxylic acids is 1. The van der Waals surface area contributed by atoms with Crippen molar-refractivity contribution in [2.24, 2.45) is 0 Å². The van der Waals surface area contributed by atoms with E-state index in [4.69, 9.17) is 5.11 Å². The van der Waals surface area contributed by atoms with Gasteiger partial charge in [0.25, 0.3) is 5.69 Å². The van der Waals surface area contributed by atoms with Gasteiger partial charge in [-0.15, -0.1) is 0 Å². The van der Waals surface area contributed by atoms with Crippen LogP contribution in [0.15, 0.2) is 18.2 Å². The minimum atomic E-state index is -2.03. The summed E-state index contributed by atoms with van der Waals surface area (Å²) in [5.74, 6) is -1.77. The van der Waals surface area contributed by atoms with Gasteiger partial charge in [0.2, 0.25) is 0 Å². The summed E-state index contributed by atoms with van der Waals surface area (Å²) >= 11 is 0. The van der Waals surface area contributed by atoms with Crippen LogP contribution in [0, 0.1) is 10.1 Å². The highest BCUT2D eigenvalue weighted by atomic mass is 16.6. The summed E-state index contributed by atoms with van der Waals surface area (Å²) in [5.41, 5.74) is 0.411. The highest BCUT2D eigenvalue weighted by Crippen LogP contribution is 2.22. The summed E-state index contributed by atoms with van der Waals surface area (Å²) in [6, 6.07) is 3.78. The fourth-order valence-corrected chi connectivity index (χ4v) is 1.56. The molecule has 0 aliphatic heterocycles. The number of imidazole rings is 1. The predicted molar refractivity (Wildman–Crippen MR) is 61.4 cm³/mol. The molecule has 1 aromatic carbocycles. The summed E-state index contributed by atoms with van der Waals surface area (Å²) in [7, 11) is 0. The number of fused-ring (bicyclic) bond motifs is 1. The summed E-state index contributed by atoms with van der Waals surface area (Å²) < 4.78 is 0. The number of hydrogen-bond acceptors (Lipinski definition) is 6. The highest BCUT2D eigenvalue weighted by Gasteiger charge is 2.27. The molecular formula is C10H9N3O6. The van der Waals surface area contributed by atoms with Gasteiger partial charge in [-0.1, -0.05) is 0 Å². The zero-order chi connectivity index (χ0) is 14.2. The number of hydrogen-bond donors (Lipinski definition) is 4. The van der Waals surface area contributed by atoms with Crippen LogP contribution in [0.3, 0.4) is 0 Å². The van der Waals surface area contributed by atoms with E-state index in [2.05, 4.69) is 9.97 Å². The topological polar surface area (TPSA) is 150 Å². The second-order valence-electron chi connectivity index (χ2n) is 3.81. The summed E-state index contributed by atoms with van der Waals surface area (Å²) in [6.45, 7) is 0. The first-order valence-corrected chi connectivity index (χ1v) is 5.13. The van der Waals surface area contributed by atoms with Crippen molar-refractivity contribution in [2.45, 2.75) is 12.2 Å². The van der Waals surface area contributed by atoms with Gasteiger partial charge in [-0.05, 0) is 6.07 Å². The Labute approximate surface area is 105 Å². The Bertz CT molecular complexity index is 652. The lowest BCUT2D eigenvalue weighted by atomic mass is 10.2. The molecular weight excluding hydrogens is 258 g/mol. The second-order valence-corrected chi connectivity index (χ2v) is 3.81. The smallest absolute Gasteiger partial charge is 0.335 e. The van der Waals surface area contributed by atoms with Crippen molar-refractivity contribution in [3.8, 4) is 0 Å². The van der Waals surface area contributed by atoms with Crippen molar-refractivity contribution in [3.63, 3.8) is 0 Å². The maximum absolute atomic E-state index is 10.6. The van der Waals surface area contributed by atoms with Crippen LogP contribution in [-0.4, -0.2) is 42.3 Å². The van der Waals surface area contributed by atoms with Crippen molar-refractivity contribution in [1.82, 2.24) is 9.97 Å². The van der Waals surface area contributed by atoms with Crippen LogP contribution in [-0.2, 0) is 4.79 Å². The number of non-ortho nitro benzene ring substituents is 1. The molecule has 0 saturated carbocycles. The van der Waals surface area contributed by atoms with Crippen LogP contribution < -0.4 is 0 Å². The van der Waals surface area contributed by atoms with Gasteiger partial charge in [0, 0.05) is 12.1 Å². The van der Waals surface area contributed by atoms with Gasteiger partial charge in [0.1, 0.15) is 11.9 Å². The fraction of sp³-hybridized carbons (Fsp3) is 0.200. The molecule has 0 spiro atoms. The number of nitrogens with zero attached hydrogens (tertiary/aromatic N) is 2. The van der Waals surface area contributed by atoms with Crippen LogP contribution in [0.5, 0.6) is 0 Å². The fourth-order valence-electron chi connectivity index (χ4n) is 1.56. The standard InChI is InChI=1S/C10H9N3O6/c14-7(8(15)10(16)17)9-11-5-2-1-4(13(18)19)3-6(5)12-9/h1-3,7-8,14-15H,(H,11,12)(H,16,17)/t7-,8-/m0/s1. The van der Waals surface area contributed by atoms with Crippen molar-refractivity contribution in [3.05, 3.63) is 34.1 Å². The lowest BCUT2D eigenvalue weighted by Crippen LogP contribution is -2.28. The molecule has 0 aliphatic carbocycles. The minimum absolute atomic E-state index is 0.170. The number of aliphatic hydroxyl groups is 2. The molecule has 2 rings (SSSR count). The van der Waals surface area contributed by atoms with Crippen molar-refractivity contribution in [2.75, 3.05) is 0 Å². The lowest BCUT2D eigenvalue weighted by molar-refractivity contribution is -0.384. The van der Waals surface area contributed by atoms with Gasteiger partial charge < -0.3 is 20.3 Å². The Morgan fingerprint density at radius 2 is 2.11 bits per heavy atom. The van der Waals surface area contributed by atoms with E-state index in [0.717, 1.165) is 0 Å². The van der Waals surface area contributed by atoms with Crippen LogP contribution in [0.1, 0.15) is 11.9 Å². The number of H-pyrrole nitrogens is 1. The maximum atomic E-state index is 10.6. The molecule has 0 saturated heterocycles. The lowest BCUT2D eigenvalue weighted by Gasteiger charge is -2.10. The van der Waals surface area contributed by atoms with E-state index in [1.165, 1.54) is 18.2 Å². The first-order chi connectivity index (χ1) is 8.90. The minimum Gasteiger partial charge on any atom is -0.479 e. The molecule has 0 unspecified atom stereocenters. The van der Waals surface area contributed by atoms with E-state index < -0.39 is 23.1 Å². The normalized spacial score (nSPS) is 14.2. The second kappa shape index (κ2) is 4.63. The summed E-state index contributed by atoms with van der Waals surface area (Å²) in [4.78, 5) is 26.9. The Morgan fingerprint density at radius 3 is 2.68 bits per heavy atom. The zero-order valence-electron chi connectivity index (χ0n) is 9.35. The molecule has 2 atom stereocenters. The summed E-state index contributed by atoms with van der Waals surface area (Å²) in [6.07, 6.45) is -3.78. The number of nitro benzene ring substituents is 1. The van der Waals surface area contributed by atoms with E-state index >= 15 is 0 Å². The van der Waals surface area contributed by atoms with Crippen LogP contribution in [0.25, 0.3) is 11.0 Å². The molecule has 0 bridgehead atoms. The quantitative estimate of drug-likeness (QED) is 0.448. The average Bonchev–Trinajstić information content (AvgIpc) is 2.79. The van der Waals surface area contributed by atoms with Crippen LogP contribution >= 0.6 is 0 Å². The Kier molecular flexibility index (Phi) is 3.15. The molecule has 9 heteroatoms. The Hall–Kier alpha value is -2.52. The monoisotopic (exact) mass is 267 g/mol. The van der Waals surface area contributed by atoms with E-state index in [-0.39, 0.29) is 17.0 Å². The molecule has 1 heterocycles. The van der Waals surface area contributed by atoms with Crippen molar-refractivity contribution < 1.29 is 25.0 Å². The number of nitro groups is 1. The molecule has 1 aromatic heterocycles. The molecule has 19 heavy (non-hydrogen) atoms. The third-order valence-corrected chi connectivity index (χ3v) is 2.53. The van der Waals surface area contributed by atoms with Crippen LogP contribution in [0.4, 0.5) is 5.69 Å². The molecule has 0 amide bonds. The molecule has 2 aromatic rings. The highest BCUT2D eigenvalue weighted by molar-refractivity contribution is 5.78. The van der Waals surface area contributed by atoms with E-state index in [1.54, 1.807) is 0 Å². The number of nitrogens with one attached hydrogen (secondary N) is 1. The van der Waals surface area contributed by atoms with Gasteiger partial charge in [0.15, 0.2) is 6.10 Å². The number of carbonyl (C=O) groups is 1. The van der Waals surface area contributed by atoms with Gasteiger partial charge in [-0.3, -0.25) is 10.1 Å². The third-order valence-electron chi connectivity index (χ3n) is 2.53.